The molecule has 0 aliphatic heterocycles. The van der Waals surface area contributed by atoms with Crippen molar-refractivity contribution in [2.75, 3.05) is 6.61 Å². The third-order valence-electron chi connectivity index (χ3n) is 4.62. The third kappa shape index (κ3) is 4.16. The summed E-state index contributed by atoms with van der Waals surface area (Å²) >= 11 is 0. The molecule has 8 heteroatoms. The van der Waals surface area contributed by atoms with Crippen molar-refractivity contribution in [3.8, 4) is 28.5 Å². The number of aryl methyl sites for hydroxylation is 1. The van der Waals surface area contributed by atoms with Crippen LogP contribution in [0.5, 0.6) is 6.01 Å². The predicted octanol–water partition coefficient (Wildman–Crippen LogP) is 3.52. The van der Waals surface area contributed by atoms with Crippen LogP contribution in [0.2, 0.25) is 0 Å². The van der Waals surface area contributed by atoms with Gasteiger partial charge in [0.2, 0.25) is 0 Å². The smallest absolute Gasteiger partial charge is 0.335 e. The Morgan fingerprint density at radius 3 is 2.48 bits per heavy atom. The molecule has 0 aliphatic carbocycles. The van der Waals surface area contributed by atoms with Gasteiger partial charge in [0.25, 0.3) is 0 Å². The van der Waals surface area contributed by atoms with E-state index in [1.807, 2.05) is 22.9 Å². The minimum atomic E-state index is 0.454. The van der Waals surface area contributed by atoms with E-state index in [2.05, 4.69) is 74.9 Å². The molecule has 2 heterocycles. The second-order valence-electron chi connectivity index (χ2n) is 6.64. The van der Waals surface area contributed by atoms with Crippen LogP contribution in [-0.2, 0) is 13.0 Å². The molecule has 2 aromatic heterocycles. The molecule has 0 unspecified atom stereocenters. The summed E-state index contributed by atoms with van der Waals surface area (Å²) in [4.78, 5) is 4.55. The zero-order chi connectivity index (χ0) is 20.1. The second kappa shape index (κ2) is 8.64. The van der Waals surface area contributed by atoms with Crippen LogP contribution in [0.4, 0.5) is 0 Å². The SMILES string of the molecule is CCCOc1nc(Cc2ccc(-c3ccccc3-c3nnn[nH]3)cc2)n(CC)n1. The number of nitrogens with one attached hydrogen (secondary N) is 1. The molecule has 0 saturated heterocycles. The number of aromatic amines is 1. The molecule has 0 aliphatic rings. The molecule has 0 spiro atoms. The van der Waals surface area contributed by atoms with Crippen LogP contribution in [0.3, 0.4) is 0 Å². The molecule has 29 heavy (non-hydrogen) atoms. The number of H-pyrrole nitrogens is 1. The van der Waals surface area contributed by atoms with Gasteiger partial charge in [-0.15, -0.1) is 10.2 Å². The summed E-state index contributed by atoms with van der Waals surface area (Å²) < 4.78 is 7.47. The molecule has 4 aromatic rings. The summed E-state index contributed by atoms with van der Waals surface area (Å²) in [5.74, 6) is 1.56. The average Bonchev–Trinajstić information content (AvgIpc) is 3.43. The van der Waals surface area contributed by atoms with Crippen LogP contribution < -0.4 is 4.74 Å². The lowest BCUT2D eigenvalue weighted by molar-refractivity contribution is 0.290. The van der Waals surface area contributed by atoms with E-state index in [1.165, 1.54) is 0 Å². The molecule has 0 saturated carbocycles. The minimum absolute atomic E-state index is 0.454. The lowest BCUT2D eigenvalue weighted by atomic mass is 9.98. The van der Waals surface area contributed by atoms with E-state index in [4.69, 9.17) is 4.74 Å². The third-order valence-corrected chi connectivity index (χ3v) is 4.62. The molecule has 2 aromatic carbocycles. The predicted molar refractivity (Wildman–Crippen MR) is 109 cm³/mol. The molecule has 0 amide bonds. The standard InChI is InChI=1S/C21H23N7O/c1-3-13-29-21-22-19(28(4-2)25-21)14-15-9-11-16(12-10-15)17-7-5-6-8-18(17)20-23-26-27-24-20/h5-12H,3-4,13-14H2,1-2H3,(H,23,24,26,27). The highest BCUT2D eigenvalue weighted by Crippen LogP contribution is 2.30. The Labute approximate surface area is 169 Å². The Bertz CT molecular complexity index is 1060. The molecular weight excluding hydrogens is 366 g/mol. The van der Waals surface area contributed by atoms with Crippen molar-refractivity contribution >= 4 is 0 Å². The van der Waals surface area contributed by atoms with Gasteiger partial charge in [-0.1, -0.05) is 55.5 Å². The van der Waals surface area contributed by atoms with E-state index in [9.17, 15) is 0 Å². The van der Waals surface area contributed by atoms with E-state index in [0.717, 1.165) is 41.0 Å². The fourth-order valence-corrected chi connectivity index (χ4v) is 3.19. The molecule has 1 N–H and O–H groups in total. The van der Waals surface area contributed by atoms with Gasteiger partial charge >= 0.3 is 6.01 Å². The van der Waals surface area contributed by atoms with E-state index in [0.29, 0.717) is 24.9 Å². The van der Waals surface area contributed by atoms with Gasteiger partial charge < -0.3 is 4.74 Å². The van der Waals surface area contributed by atoms with Crippen molar-refractivity contribution in [2.45, 2.75) is 33.2 Å². The molecule has 0 fully saturated rings. The minimum Gasteiger partial charge on any atom is -0.462 e. The lowest BCUT2D eigenvalue weighted by Crippen LogP contribution is -2.04. The normalized spacial score (nSPS) is 11.0. The second-order valence-corrected chi connectivity index (χ2v) is 6.64. The van der Waals surface area contributed by atoms with Crippen molar-refractivity contribution in [1.82, 2.24) is 35.4 Å². The number of nitrogens with zero attached hydrogens (tertiary/aromatic N) is 6. The first-order chi connectivity index (χ1) is 14.3. The largest absolute Gasteiger partial charge is 0.462 e. The Morgan fingerprint density at radius 1 is 1.00 bits per heavy atom. The van der Waals surface area contributed by atoms with Gasteiger partial charge in [-0.05, 0) is 40.5 Å². The summed E-state index contributed by atoms with van der Waals surface area (Å²) in [7, 11) is 0. The van der Waals surface area contributed by atoms with Gasteiger partial charge in [0.05, 0.1) is 6.61 Å². The van der Waals surface area contributed by atoms with Crippen LogP contribution in [0, 0.1) is 0 Å². The number of aromatic nitrogens is 7. The summed E-state index contributed by atoms with van der Waals surface area (Å²) in [5.41, 5.74) is 4.31. The van der Waals surface area contributed by atoms with Gasteiger partial charge in [-0.3, -0.25) is 0 Å². The Hall–Kier alpha value is -3.55. The van der Waals surface area contributed by atoms with Crippen molar-refractivity contribution < 1.29 is 4.74 Å². The highest BCUT2D eigenvalue weighted by molar-refractivity contribution is 5.80. The van der Waals surface area contributed by atoms with Crippen LogP contribution in [-0.4, -0.2) is 42.0 Å². The number of benzene rings is 2. The molecule has 4 rings (SSSR count). The number of hydrogen-bond donors (Lipinski definition) is 1. The first-order valence-corrected chi connectivity index (χ1v) is 9.77. The van der Waals surface area contributed by atoms with Gasteiger partial charge in [0.15, 0.2) is 5.82 Å². The van der Waals surface area contributed by atoms with Crippen molar-refractivity contribution in [2.24, 2.45) is 0 Å². The first kappa shape index (κ1) is 18.8. The average molecular weight is 389 g/mol. The first-order valence-electron chi connectivity index (χ1n) is 9.77. The number of tetrazole rings is 1. The molecule has 148 valence electrons. The van der Waals surface area contributed by atoms with Gasteiger partial charge in [0, 0.05) is 18.5 Å². The van der Waals surface area contributed by atoms with Crippen LogP contribution in [0.1, 0.15) is 31.7 Å². The molecule has 0 bridgehead atoms. The summed E-state index contributed by atoms with van der Waals surface area (Å²) in [6.45, 7) is 5.51. The number of ether oxygens (including phenoxy) is 1. The molecule has 8 nitrogen and oxygen atoms in total. The van der Waals surface area contributed by atoms with Crippen molar-refractivity contribution in [3.05, 3.63) is 59.9 Å². The summed E-state index contributed by atoms with van der Waals surface area (Å²) in [5, 5.41) is 18.7. The summed E-state index contributed by atoms with van der Waals surface area (Å²) in [6, 6.07) is 17.0. The molecule has 0 radical (unpaired) electrons. The molecular formula is C21H23N7O. The van der Waals surface area contributed by atoms with E-state index >= 15 is 0 Å². The number of hydrogen-bond acceptors (Lipinski definition) is 6. The van der Waals surface area contributed by atoms with Gasteiger partial charge in [0.1, 0.15) is 5.82 Å². The zero-order valence-corrected chi connectivity index (χ0v) is 16.5. The van der Waals surface area contributed by atoms with Crippen LogP contribution in [0.15, 0.2) is 48.5 Å². The number of rotatable bonds is 8. The van der Waals surface area contributed by atoms with Gasteiger partial charge in [-0.2, -0.15) is 4.98 Å². The fourth-order valence-electron chi connectivity index (χ4n) is 3.19. The summed E-state index contributed by atoms with van der Waals surface area (Å²) in [6.07, 6.45) is 1.63. The maximum Gasteiger partial charge on any atom is 0.335 e. The molecule has 0 atom stereocenters. The lowest BCUT2D eigenvalue weighted by Gasteiger charge is -2.08. The maximum absolute atomic E-state index is 5.58. The van der Waals surface area contributed by atoms with Gasteiger partial charge in [-0.25, -0.2) is 9.78 Å². The topological polar surface area (TPSA) is 94.4 Å². The van der Waals surface area contributed by atoms with Crippen molar-refractivity contribution in [3.63, 3.8) is 0 Å². The quantitative estimate of drug-likeness (QED) is 0.495. The Morgan fingerprint density at radius 2 is 1.79 bits per heavy atom. The van der Waals surface area contributed by atoms with E-state index < -0.39 is 0 Å². The fraction of sp³-hybridized carbons (Fsp3) is 0.286. The van der Waals surface area contributed by atoms with Crippen molar-refractivity contribution in [1.29, 1.82) is 0 Å². The van der Waals surface area contributed by atoms with E-state index in [1.54, 1.807) is 0 Å². The Kier molecular flexibility index (Phi) is 5.60. The maximum atomic E-state index is 5.58. The van der Waals surface area contributed by atoms with Crippen LogP contribution >= 0.6 is 0 Å². The monoisotopic (exact) mass is 389 g/mol. The highest BCUT2D eigenvalue weighted by atomic mass is 16.5. The van der Waals surface area contributed by atoms with E-state index in [-0.39, 0.29) is 0 Å². The highest BCUT2D eigenvalue weighted by Gasteiger charge is 2.12. The Balaban J connectivity index is 1.56. The zero-order valence-electron chi connectivity index (χ0n) is 16.5. The van der Waals surface area contributed by atoms with Crippen LogP contribution in [0.25, 0.3) is 22.5 Å².